The van der Waals surface area contributed by atoms with Crippen LogP contribution in [0.15, 0.2) is 6.20 Å². The van der Waals surface area contributed by atoms with Gasteiger partial charge in [-0.3, -0.25) is 9.67 Å². The second-order valence-electron chi connectivity index (χ2n) is 5.97. The summed E-state index contributed by atoms with van der Waals surface area (Å²) in [6, 6.07) is 0. The van der Waals surface area contributed by atoms with Crippen molar-refractivity contribution in [1.29, 1.82) is 0 Å². The summed E-state index contributed by atoms with van der Waals surface area (Å²) in [5.74, 6) is 0.750. The molecule has 0 saturated carbocycles. The largest absolute Gasteiger partial charge is 0.268 e. The molecule has 3 rings (SSSR count). The van der Waals surface area contributed by atoms with E-state index in [0.29, 0.717) is 0 Å². The summed E-state index contributed by atoms with van der Waals surface area (Å²) in [5.41, 5.74) is 5.29. The van der Waals surface area contributed by atoms with Gasteiger partial charge in [-0.25, -0.2) is 0 Å². The third-order valence-electron chi connectivity index (χ3n) is 4.40. The number of aryl methyl sites for hydroxylation is 4. The Morgan fingerprint density at radius 3 is 2.90 bits per heavy atom. The van der Waals surface area contributed by atoms with E-state index in [1.54, 1.807) is 0 Å². The Morgan fingerprint density at radius 2 is 2.10 bits per heavy atom. The zero-order valence-corrected chi connectivity index (χ0v) is 13.6. The van der Waals surface area contributed by atoms with Crippen LogP contribution in [-0.2, 0) is 25.8 Å². The van der Waals surface area contributed by atoms with Gasteiger partial charge in [0, 0.05) is 29.2 Å². The molecule has 0 fully saturated rings. The van der Waals surface area contributed by atoms with E-state index in [1.807, 2.05) is 6.20 Å². The topological polar surface area (TPSA) is 30.7 Å². The predicted octanol–water partition coefficient (Wildman–Crippen LogP) is 4.28. The lowest BCUT2D eigenvalue weighted by Crippen LogP contribution is -2.07. The number of halogens is 1. The SMILES string of the molecule is CCCn1nc2cnc3c(c2c1CCCCCl)CCCC3. The van der Waals surface area contributed by atoms with E-state index in [1.165, 1.54) is 41.6 Å². The second-order valence-corrected chi connectivity index (χ2v) is 6.34. The standard InChI is InChI=1S/C17H24ClN3/c1-2-11-21-16(9-5-6-10-18)17-13-7-3-4-8-14(13)19-12-15(17)20-21/h12H,2-11H2,1H3. The van der Waals surface area contributed by atoms with Crippen molar-refractivity contribution < 1.29 is 0 Å². The Bertz CT molecular complexity index is 618. The van der Waals surface area contributed by atoms with Crippen LogP contribution in [-0.4, -0.2) is 20.6 Å². The number of hydrogen-bond donors (Lipinski definition) is 0. The van der Waals surface area contributed by atoms with Crippen LogP contribution in [0.5, 0.6) is 0 Å². The van der Waals surface area contributed by atoms with E-state index in [9.17, 15) is 0 Å². The quantitative estimate of drug-likeness (QED) is 0.589. The molecule has 0 atom stereocenters. The third-order valence-corrected chi connectivity index (χ3v) is 4.67. The first-order valence-corrected chi connectivity index (χ1v) is 8.80. The van der Waals surface area contributed by atoms with Gasteiger partial charge in [0.2, 0.25) is 0 Å². The number of fused-ring (bicyclic) bond motifs is 3. The molecule has 0 spiro atoms. The van der Waals surface area contributed by atoms with E-state index in [-0.39, 0.29) is 0 Å². The molecule has 4 heteroatoms. The minimum atomic E-state index is 0.750. The average Bonchev–Trinajstić information content (AvgIpc) is 2.86. The second kappa shape index (κ2) is 6.78. The van der Waals surface area contributed by atoms with Gasteiger partial charge in [0.15, 0.2) is 0 Å². The first-order valence-electron chi connectivity index (χ1n) is 8.27. The van der Waals surface area contributed by atoms with Crippen molar-refractivity contribution in [2.24, 2.45) is 0 Å². The van der Waals surface area contributed by atoms with Crippen LogP contribution < -0.4 is 0 Å². The molecule has 0 bridgehead atoms. The Hall–Kier alpha value is -1.09. The fraction of sp³-hybridized carbons (Fsp3) is 0.647. The molecule has 1 aliphatic rings. The summed E-state index contributed by atoms with van der Waals surface area (Å²) in [5, 5.41) is 6.22. The zero-order chi connectivity index (χ0) is 14.7. The first-order chi connectivity index (χ1) is 10.3. The number of unbranched alkanes of at least 4 members (excludes halogenated alkanes) is 1. The lowest BCUT2D eigenvalue weighted by Gasteiger charge is -2.16. The molecule has 2 aromatic heterocycles. The van der Waals surface area contributed by atoms with Crippen LogP contribution in [0.25, 0.3) is 10.9 Å². The van der Waals surface area contributed by atoms with Gasteiger partial charge in [-0.05, 0) is 56.9 Å². The minimum absolute atomic E-state index is 0.750. The van der Waals surface area contributed by atoms with Gasteiger partial charge in [0.05, 0.1) is 6.20 Å². The van der Waals surface area contributed by atoms with E-state index < -0.39 is 0 Å². The van der Waals surface area contributed by atoms with E-state index in [4.69, 9.17) is 16.7 Å². The third kappa shape index (κ3) is 2.94. The summed E-state index contributed by atoms with van der Waals surface area (Å²) in [7, 11) is 0. The highest BCUT2D eigenvalue weighted by Crippen LogP contribution is 2.30. The van der Waals surface area contributed by atoms with Crippen molar-refractivity contribution in [3.63, 3.8) is 0 Å². The van der Waals surface area contributed by atoms with Crippen molar-refractivity contribution in [2.45, 2.75) is 64.8 Å². The Balaban J connectivity index is 2.07. The summed E-state index contributed by atoms with van der Waals surface area (Å²) < 4.78 is 2.22. The number of nitrogens with zero attached hydrogens (tertiary/aromatic N) is 3. The maximum Gasteiger partial charge on any atom is 0.111 e. The van der Waals surface area contributed by atoms with Gasteiger partial charge in [0.25, 0.3) is 0 Å². The highest BCUT2D eigenvalue weighted by molar-refractivity contribution is 6.17. The van der Waals surface area contributed by atoms with Crippen LogP contribution in [0.2, 0.25) is 0 Å². The summed E-state index contributed by atoms with van der Waals surface area (Å²) in [4.78, 5) is 4.66. The Labute approximate surface area is 131 Å². The number of rotatable bonds is 6. The summed E-state index contributed by atoms with van der Waals surface area (Å²) in [6.45, 7) is 3.21. The molecule has 1 aliphatic carbocycles. The predicted molar refractivity (Wildman–Crippen MR) is 88.1 cm³/mol. The zero-order valence-electron chi connectivity index (χ0n) is 12.9. The number of hydrogen-bond acceptors (Lipinski definition) is 2. The van der Waals surface area contributed by atoms with Gasteiger partial charge in [-0.1, -0.05) is 6.92 Å². The van der Waals surface area contributed by atoms with E-state index in [0.717, 1.165) is 50.0 Å². The highest BCUT2D eigenvalue weighted by atomic mass is 35.5. The molecule has 3 nitrogen and oxygen atoms in total. The maximum atomic E-state index is 5.84. The fourth-order valence-corrected chi connectivity index (χ4v) is 3.60. The fourth-order valence-electron chi connectivity index (χ4n) is 3.41. The molecule has 0 aliphatic heterocycles. The van der Waals surface area contributed by atoms with Gasteiger partial charge in [-0.2, -0.15) is 5.10 Å². The van der Waals surface area contributed by atoms with Crippen molar-refractivity contribution in [3.05, 3.63) is 23.1 Å². The smallest absolute Gasteiger partial charge is 0.111 e. The highest BCUT2D eigenvalue weighted by Gasteiger charge is 2.20. The van der Waals surface area contributed by atoms with Gasteiger partial charge in [0.1, 0.15) is 5.52 Å². The molecule has 0 N–H and O–H groups in total. The molecule has 0 unspecified atom stereocenters. The minimum Gasteiger partial charge on any atom is -0.268 e. The van der Waals surface area contributed by atoms with E-state index >= 15 is 0 Å². The first kappa shape index (κ1) is 14.8. The lowest BCUT2D eigenvalue weighted by molar-refractivity contribution is 0.571. The number of aromatic nitrogens is 3. The maximum absolute atomic E-state index is 5.84. The van der Waals surface area contributed by atoms with Gasteiger partial charge >= 0.3 is 0 Å². The molecule has 0 aromatic carbocycles. The summed E-state index contributed by atoms with van der Waals surface area (Å²) in [6.07, 6.45) is 11.3. The van der Waals surface area contributed by atoms with E-state index in [2.05, 4.69) is 16.6 Å². The van der Waals surface area contributed by atoms with Crippen molar-refractivity contribution in [1.82, 2.24) is 14.8 Å². The molecule has 21 heavy (non-hydrogen) atoms. The van der Waals surface area contributed by atoms with Crippen LogP contribution >= 0.6 is 11.6 Å². The molecule has 0 amide bonds. The van der Waals surface area contributed by atoms with Crippen LogP contribution in [0.4, 0.5) is 0 Å². The number of alkyl halides is 1. The molecular weight excluding hydrogens is 282 g/mol. The molecule has 2 heterocycles. The Morgan fingerprint density at radius 1 is 1.24 bits per heavy atom. The van der Waals surface area contributed by atoms with Crippen molar-refractivity contribution in [2.75, 3.05) is 5.88 Å². The van der Waals surface area contributed by atoms with Crippen LogP contribution in [0.1, 0.15) is 56.0 Å². The Kier molecular flexibility index (Phi) is 4.79. The summed E-state index contributed by atoms with van der Waals surface area (Å²) >= 11 is 5.84. The molecular formula is C17H24ClN3. The average molecular weight is 306 g/mol. The van der Waals surface area contributed by atoms with Crippen LogP contribution in [0.3, 0.4) is 0 Å². The monoisotopic (exact) mass is 305 g/mol. The van der Waals surface area contributed by atoms with Crippen LogP contribution in [0, 0.1) is 0 Å². The molecule has 114 valence electrons. The van der Waals surface area contributed by atoms with Crippen molar-refractivity contribution in [3.8, 4) is 0 Å². The van der Waals surface area contributed by atoms with Gasteiger partial charge < -0.3 is 0 Å². The number of pyridine rings is 1. The van der Waals surface area contributed by atoms with Crippen molar-refractivity contribution >= 4 is 22.5 Å². The van der Waals surface area contributed by atoms with Gasteiger partial charge in [-0.15, -0.1) is 11.6 Å². The molecule has 2 aromatic rings. The molecule has 0 radical (unpaired) electrons. The lowest BCUT2D eigenvalue weighted by atomic mass is 9.92. The normalized spacial score (nSPS) is 14.6. The molecule has 0 saturated heterocycles.